The zero-order valence-electron chi connectivity index (χ0n) is 17.1. The van der Waals surface area contributed by atoms with Crippen molar-refractivity contribution in [3.05, 3.63) is 53.1 Å². The number of rotatable bonds is 7. The van der Waals surface area contributed by atoms with Gasteiger partial charge in [-0.1, -0.05) is 18.2 Å². The van der Waals surface area contributed by atoms with E-state index < -0.39 is 6.04 Å². The fourth-order valence-corrected chi connectivity index (χ4v) is 5.39. The lowest BCUT2D eigenvalue weighted by atomic mass is 10.1. The fourth-order valence-electron chi connectivity index (χ4n) is 3.93. The normalized spacial score (nSPS) is 19.3. The van der Waals surface area contributed by atoms with Crippen LogP contribution in [0.15, 0.2) is 36.4 Å². The maximum absolute atomic E-state index is 13.2. The molecular formula is C22H24N2O5S. The smallest absolute Gasteiger partial charge is 0.260 e. The van der Waals surface area contributed by atoms with Gasteiger partial charge in [-0.15, -0.1) is 11.8 Å². The summed E-state index contributed by atoms with van der Waals surface area (Å²) in [7, 11) is 4.69. The highest BCUT2D eigenvalue weighted by molar-refractivity contribution is 7.99. The maximum atomic E-state index is 13.2. The van der Waals surface area contributed by atoms with Gasteiger partial charge in [-0.3, -0.25) is 9.59 Å². The highest BCUT2D eigenvalue weighted by Crippen LogP contribution is 2.52. The van der Waals surface area contributed by atoms with Crippen LogP contribution in [0.2, 0.25) is 0 Å². The first-order chi connectivity index (χ1) is 14.6. The number of nitrogens with zero attached hydrogens (tertiary/aromatic N) is 1. The third-order valence-electron chi connectivity index (χ3n) is 5.47. The molecule has 2 aliphatic heterocycles. The summed E-state index contributed by atoms with van der Waals surface area (Å²) in [6.45, 7) is 0.503. The highest BCUT2D eigenvalue weighted by Gasteiger charge is 2.50. The number of methoxy groups -OCH3 is 3. The van der Waals surface area contributed by atoms with E-state index in [2.05, 4.69) is 5.32 Å². The number of thioether (sulfide) groups is 1. The number of carbonyl (C=O) groups is 2. The molecule has 30 heavy (non-hydrogen) atoms. The summed E-state index contributed by atoms with van der Waals surface area (Å²) in [6, 6.07) is 10.9. The average Bonchev–Trinajstić information content (AvgIpc) is 3.33. The number of ether oxygens (including phenoxy) is 3. The van der Waals surface area contributed by atoms with Crippen molar-refractivity contribution in [1.29, 1.82) is 0 Å². The van der Waals surface area contributed by atoms with E-state index in [-0.39, 0.29) is 17.2 Å². The van der Waals surface area contributed by atoms with Crippen molar-refractivity contribution < 1.29 is 23.8 Å². The minimum absolute atomic E-state index is 0.134. The monoisotopic (exact) mass is 428 g/mol. The van der Waals surface area contributed by atoms with Crippen molar-refractivity contribution in [3.63, 3.8) is 0 Å². The second-order valence-electron chi connectivity index (χ2n) is 7.07. The van der Waals surface area contributed by atoms with E-state index in [0.717, 1.165) is 16.9 Å². The van der Waals surface area contributed by atoms with Gasteiger partial charge in [0.15, 0.2) is 11.5 Å². The fraction of sp³-hybridized carbons (Fsp3) is 0.364. The van der Waals surface area contributed by atoms with E-state index in [0.29, 0.717) is 35.8 Å². The molecule has 2 heterocycles. The molecule has 1 fully saturated rings. The Morgan fingerprint density at radius 3 is 2.53 bits per heavy atom. The molecule has 2 aromatic rings. The lowest BCUT2D eigenvalue weighted by Gasteiger charge is -2.22. The zero-order chi connectivity index (χ0) is 21.3. The largest absolute Gasteiger partial charge is 0.497 e. The lowest BCUT2D eigenvalue weighted by molar-refractivity contribution is -0.124. The van der Waals surface area contributed by atoms with E-state index >= 15 is 0 Å². The van der Waals surface area contributed by atoms with Crippen LogP contribution in [-0.2, 0) is 11.2 Å². The molecule has 0 aromatic heterocycles. The number of fused-ring (bicyclic) bond motifs is 3. The molecule has 2 atom stereocenters. The molecule has 0 radical (unpaired) electrons. The van der Waals surface area contributed by atoms with Crippen LogP contribution in [0.1, 0.15) is 26.9 Å². The summed E-state index contributed by atoms with van der Waals surface area (Å²) in [4.78, 5) is 27.7. The Kier molecular flexibility index (Phi) is 5.76. The molecule has 0 unspecified atom stereocenters. The van der Waals surface area contributed by atoms with E-state index in [1.807, 2.05) is 30.3 Å². The molecule has 2 aromatic carbocycles. The molecule has 7 nitrogen and oxygen atoms in total. The Balaban J connectivity index is 1.44. The van der Waals surface area contributed by atoms with Gasteiger partial charge in [-0.05, 0) is 30.2 Å². The van der Waals surface area contributed by atoms with Crippen LogP contribution in [0.25, 0.3) is 0 Å². The quantitative estimate of drug-likeness (QED) is 0.731. The van der Waals surface area contributed by atoms with Crippen LogP contribution in [0.4, 0.5) is 0 Å². The van der Waals surface area contributed by atoms with Crippen LogP contribution in [0.5, 0.6) is 17.2 Å². The first-order valence-corrected chi connectivity index (χ1v) is 10.7. The summed E-state index contributed by atoms with van der Waals surface area (Å²) in [5, 5.41) is 2.80. The lowest BCUT2D eigenvalue weighted by Crippen LogP contribution is -2.46. The summed E-state index contributed by atoms with van der Waals surface area (Å²) in [5.41, 5.74) is 2.47. The van der Waals surface area contributed by atoms with Crippen molar-refractivity contribution in [2.24, 2.45) is 0 Å². The minimum atomic E-state index is -0.508. The first kappa shape index (κ1) is 20.4. The molecule has 0 bridgehead atoms. The van der Waals surface area contributed by atoms with Gasteiger partial charge in [0.2, 0.25) is 5.91 Å². The summed E-state index contributed by atoms with van der Waals surface area (Å²) < 4.78 is 15.9. The third kappa shape index (κ3) is 3.45. The first-order valence-electron chi connectivity index (χ1n) is 9.68. The molecule has 0 spiro atoms. The Morgan fingerprint density at radius 2 is 1.87 bits per heavy atom. The van der Waals surface area contributed by atoms with Gasteiger partial charge in [0.05, 0.1) is 26.9 Å². The van der Waals surface area contributed by atoms with Gasteiger partial charge in [0.25, 0.3) is 5.91 Å². The van der Waals surface area contributed by atoms with Crippen molar-refractivity contribution >= 4 is 23.6 Å². The van der Waals surface area contributed by atoms with Crippen molar-refractivity contribution in [3.8, 4) is 17.2 Å². The molecule has 0 saturated carbocycles. The Labute approximate surface area is 179 Å². The molecule has 2 aliphatic rings. The minimum Gasteiger partial charge on any atom is -0.497 e. The predicted octanol–water partition coefficient (Wildman–Crippen LogP) is 2.64. The second kappa shape index (κ2) is 8.47. The maximum Gasteiger partial charge on any atom is 0.260 e. The van der Waals surface area contributed by atoms with E-state index in [1.165, 1.54) is 7.11 Å². The zero-order valence-corrected chi connectivity index (χ0v) is 18.0. The van der Waals surface area contributed by atoms with Crippen molar-refractivity contribution in [2.45, 2.75) is 17.8 Å². The average molecular weight is 429 g/mol. The van der Waals surface area contributed by atoms with Gasteiger partial charge in [-0.25, -0.2) is 0 Å². The standard InChI is InChI=1S/C22H24N2O5S/c1-27-14-6-4-13(5-7-14)10-11-23-20(25)16-12-30-22-15-8-9-17(28-2)19(29-3)18(15)21(26)24(16)22/h4-9,16,22H,10-12H2,1-3H3,(H,23,25)/t16-,22+/m1/s1. The molecule has 1 N–H and O–H groups in total. The molecule has 8 heteroatoms. The Bertz CT molecular complexity index is 963. The number of nitrogens with one attached hydrogen (secondary N) is 1. The highest BCUT2D eigenvalue weighted by atomic mass is 32.2. The number of amides is 2. The van der Waals surface area contributed by atoms with Gasteiger partial charge < -0.3 is 24.4 Å². The predicted molar refractivity (Wildman–Crippen MR) is 114 cm³/mol. The number of hydrogen-bond acceptors (Lipinski definition) is 6. The number of carbonyl (C=O) groups excluding carboxylic acids is 2. The SMILES string of the molecule is COc1ccc(CCNC(=O)[C@H]2CS[C@H]3c4ccc(OC)c(OC)c4C(=O)N23)cc1. The Hall–Kier alpha value is -2.87. The molecular weight excluding hydrogens is 404 g/mol. The van der Waals surface area contributed by atoms with E-state index in [9.17, 15) is 9.59 Å². The van der Waals surface area contributed by atoms with Crippen molar-refractivity contribution in [2.75, 3.05) is 33.6 Å². The van der Waals surface area contributed by atoms with E-state index in [4.69, 9.17) is 14.2 Å². The van der Waals surface area contributed by atoms with Crippen LogP contribution in [-0.4, -0.2) is 56.4 Å². The van der Waals surface area contributed by atoms with Crippen molar-refractivity contribution in [1.82, 2.24) is 10.2 Å². The van der Waals surface area contributed by atoms with Gasteiger partial charge in [-0.2, -0.15) is 0 Å². The molecule has 0 aliphatic carbocycles. The van der Waals surface area contributed by atoms with E-state index in [1.54, 1.807) is 36.9 Å². The van der Waals surface area contributed by atoms with Gasteiger partial charge >= 0.3 is 0 Å². The molecule has 4 rings (SSSR count). The second-order valence-corrected chi connectivity index (χ2v) is 8.18. The Morgan fingerprint density at radius 1 is 1.10 bits per heavy atom. The topological polar surface area (TPSA) is 77.1 Å². The molecule has 1 saturated heterocycles. The van der Waals surface area contributed by atoms with Gasteiger partial charge in [0, 0.05) is 17.9 Å². The van der Waals surface area contributed by atoms with Crippen LogP contribution < -0.4 is 19.5 Å². The van der Waals surface area contributed by atoms with Crippen LogP contribution in [0.3, 0.4) is 0 Å². The number of benzene rings is 2. The summed E-state index contributed by atoms with van der Waals surface area (Å²) >= 11 is 1.60. The van der Waals surface area contributed by atoms with Crippen LogP contribution in [0, 0.1) is 0 Å². The number of hydrogen-bond donors (Lipinski definition) is 1. The third-order valence-corrected chi connectivity index (χ3v) is 6.77. The van der Waals surface area contributed by atoms with Crippen LogP contribution >= 0.6 is 11.8 Å². The summed E-state index contributed by atoms with van der Waals surface area (Å²) in [6.07, 6.45) is 0.707. The van der Waals surface area contributed by atoms with Gasteiger partial charge in [0.1, 0.15) is 17.2 Å². The summed E-state index contributed by atoms with van der Waals surface area (Å²) in [5.74, 6) is 1.98. The molecule has 158 valence electrons. The molecule has 2 amide bonds.